The summed E-state index contributed by atoms with van der Waals surface area (Å²) in [7, 11) is 0. The van der Waals surface area contributed by atoms with Crippen LogP contribution in [0.4, 0.5) is 9.59 Å². The quantitative estimate of drug-likeness (QED) is 0.259. The van der Waals surface area contributed by atoms with Crippen LogP contribution in [0.1, 0.15) is 76.8 Å². The highest BCUT2D eigenvalue weighted by molar-refractivity contribution is 6.10. The van der Waals surface area contributed by atoms with Gasteiger partial charge < -0.3 is 25.4 Å². The van der Waals surface area contributed by atoms with Crippen LogP contribution in [0.5, 0.6) is 0 Å². The minimum Gasteiger partial charge on any atom is -0.480 e. The van der Waals surface area contributed by atoms with Crippen molar-refractivity contribution in [3.05, 3.63) is 66.0 Å². The molecule has 4 aliphatic carbocycles. The van der Waals surface area contributed by atoms with E-state index >= 15 is 0 Å². The van der Waals surface area contributed by atoms with E-state index in [9.17, 15) is 29.1 Å². The molecule has 0 radical (unpaired) electrons. The average molecular weight is 674 g/mol. The Balaban J connectivity index is 1.15. The van der Waals surface area contributed by atoms with E-state index in [0.717, 1.165) is 29.7 Å². The molecule has 12 nitrogen and oxygen atoms in total. The molecule has 5 amide bonds. The predicted molar refractivity (Wildman–Crippen MR) is 179 cm³/mol. The lowest BCUT2D eigenvalue weighted by Crippen LogP contribution is -2.55. The van der Waals surface area contributed by atoms with Gasteiger partial charge in [0.25, 0.3) is 5.91 Å². The molecule has 12 heteroatoms. The highest BCUT2D eigenvalue weighted by Gasteiger charge is 2.58. The standard InChI is InChI=1S/C37H47N5O7/c1-23(2)13-30(42-33(46)36(3,28-9-11-38-12-10-28)41(35(42)48)21-24-7-5-4-6-8-24)31(43)39-20-29(32(44)45)40-34(47)49-22-37-17-25-14-26(18-37)16-27(15-25)19-37/h4-12,23,25-27,29-30H,13-22H2,1-3H3,(H,39,43)(H,40,47)(H,44,45). The summed E-state index contributed by atoms with van der Waals surface area (Å²) in [5.41, 5.74) is -0.111. The summed E-state index contributed by atoms with van der Waals surface area (Å²) >= 11 is 0. The molecule has 3 atom stereocenters. The molecule has 2 heterocycles. The van der Waals surface area contributed by atoms with Gasteiger partial charge in [-0.05, 0) is 98.8 Å². The second-order valence-electron chi connectivity index (χ2n) is 15.3. The Kier molecular flexibility index (Phi) is 9.68. The van der Waals surface area contributed by atoms with Gasteiger partial charge in [-0.15, -0.1) is 0 Å². The minimum absolute atomic E-state index is 0.0307. The molecule has 7 rings (SSSR count). The number of ether oxygens (including phenoxy) is 1. The number of hydrogen-bond acceptors (Lipinski definition) is 7. The second-order valence-corrected chi connectivity index (χ2v) is 15.3. The molecule has 1 saturated heterocycles. The molecule has 1 aromatic carbocycles. The first kappa shape index (κ1) is 34.4. The molecule has 0 spiro atoms. The first-order valence-electron chi connectivity index (χ1n) is 17.4. The number of benzene rings is 1. The van der Waals surface area contributed by atoms with Crippen LogP contribution >= 0.6 is 0 Å². The average Bonchev–Trinajstić information content (AvgIpc) is 3.25. The van der Waals surface area contributed by atoms with Gasteiger partial charge in [-0.1, -0.05) is 44.2 Å². The number of pyridine rings is 1. The van der Waals surface area contributed by atoms with E-state index in [0.29, 0.717) is 23.3 Å². The van der Waals surface area contributed by atoms with Crippen LogP contribution in [0.2, 0.25) is 0 Å². The molecule has 4 saturated carbocycles. The van der Waals surface area contributed by atoms with Crippen LogP contribution in [0.15, 0.2) is 54.9 Å². The van der Waals surface area contributed by atoms with E-state index in [1.165, 1.54) is 24.2 Å². The Morgan fingerprint density at radius 1 is 0.980 bits per heavy atom. The number of carboxylic acid groups (broad SMARTS) is 1. The van der Waals surface area contributed by atoms with Crippen molar-refractivity contribution in [3.63, 3.8) is 0 Å². The third-order valence-electron chi connectivity index (χ3n) is 11.1. The van der Waals surface area contributed by atoms with E-state index in [1.807, 2.05) is 44.2 Å². The van der Waals surface area contributed by atoms with E-state index in [2.05, 4.69) is 15.6 Å². The molecule has 5 fully saturated rings. The third kappa shape index (κ3) is 7.00. The highest BCUT2D eigenvalue weighted by atomic mass is 16.5. The minimum atomic E-state index is -1.48. The molecule has 5 aliphatic rings. The van der Waals surface area contributed by atoms with Gasteiger partial charge in [-0.3, -0.25) is 14.6 Å². The number of carboxylic acids is 1. The van der Waals surface area contributed by atoms with Gasteiger partial charge >= 0.3 is 18.1 Å². The zero-order valence-corrected chi connectivity index (χ0v) is 28.5. The van der Waals surface area contributed by atoms with Crippen LogP contribution in [0.3, 0.4) is 0 Å². The normalized spacial score (nSPS) is 28.4. The SMILES string of the molecule is CC(C)CC(C(=O)NCC(NC(=O)OCC12CC3CC(CC(C3)C1)C2)C(=O)O)N1C(=O)N(Cc2ccccc2)C(C)(c2ccncc2)C1=O. The molecule has 2 aromatic rings. The van der Waals surface area contributed by atoms with Crippen LogP contribution in [0, 0.1) is 29.1 Å². The lowest BCUT2D eigenvalue weighted by molar-refractivity contribution is -0.141. The number of rotatable bonds is 13. The van der Waals surface area contributed by atoms with E-state index in [1.54, 1.807) is 31.5 Å². The number of nitrogens with one attached hydrogen (secondary N) is 2. The van der Waals surface area contributed by atoms with Crippen LogP contribution in [-0.4, -0.2) is 75.0 Å². The number of carbonyl (C=O) groups excluding carboxylic acids is 4. The summed E-state index contributed by atoms with van der Waals surface area (Å²) < 4.78 is 5.62. The number of hydrogen-bond donors (Lipinski definition) is 3. The van der Waals surface area contributed by atoms with Crippen molar-refractivity contribution in [2.75, 3.05) is 13.2 Å². The lowest BCUT2D eigenvalue weighted by Gasteiger charge is -2.56. The Bertz CT molecular complexity index is 1530. The molecule has 3 N–H and O–H groups in total. The molecular formula is C37H47N5O7. The summed E-state index contributed by atoms with van der Waals surface area (Å²) in [4.78, 5) is 74.0. The van der Waals surface area contributed by atoms with Crippen molar-refractivity contribution >= 4 is 29.9 Å². The Morgan fingerprint density at radius 3 is 2.16 bits per heavy atom. The number of nitrogens with zero attached hydrogens (tertiary/aromatic N) is 3. The van der Waals surface area contributed by atoms with Crippen molar-refractivity contribution in [2.24, 2.45) is 29.1 Å². The van der Waals surface area contributed by atoms with Gasteiger partial charge in [0.15, 0.2) is 0 Å². The molecule has 1 aromatic heterocycles. The predicted octanol–water partition coefficient (Wildman–Crippen LogP) is 4.69. The molecular weight excluding hydrogens is 626 g/mol. The zero-order chi connectivity index (χ0) is 34.9. The molecule has 262 valence electrons. The third-order valence-corrected chi connectivity index (χ3v) is 11.1. The van der Waals surface area contributed by atoms with E-state index in [4.69, 9.17) is 4.74 Å². The first-order valence-corrected chi connectivity index (χ1v) is 17.4. The smallest absolute Gasteiger partial charge is 0.407 e. The number of urea groups is 1. The van der Waals surface area contributed by atoms with Crippen molar-refractivity contribution in [1.82, 2.24) is 25.4 Å². The number of aromatic nitrogens is 1. The largest absolute Gasteiger partial charge is 0.480 e. The van der Waals surface area contributed by atoms with Gasteiger partial charge in [0.2, 0.25) is 5.91 Å². The maximum atomic E-state index is 14.4. The summed E-state index contributed by atoms with van der Waals surface area (Å²) in [6, 6.07) is 9.30. The Morgan fingerprint density at radius 2 is 1.59 bits per heavy atom. The number of amides is 5. The topological polar surface area (TPSA) is 158 Å². The number of alkyl carbamates (subject to hydrolysis) is 1. The fourth-order valence-electron chi connectivity index (χ4n) is 9.15. The van der Waals surface area contributed by atoms with Crippen LogP contribution in [0.25, 0.3) is 0 Å². The molecule has 49 heavy (non-hydrogen) atoms. The zero-order valence-electron chi connectivity index (χ0n) is 28.5. The van der Waals surface area contributed by atoms with E-state index in [-0.39, 0.29) is 30.9 Å². The monoisotopic (exact) mass is 673 g/mol. The number of carbonyl (C=O) groups is 5. The highest BCUT2D eigenvalue weighted by Crippen LogP contribution is 2.60. The van der Waals surface area contributed by atoms with Crippen molar-refractivity contribution in [2.45, 2.75) is 89.9 Å². The maximum absolute atomic E-state index is 14.4. The first-order chi connectivity index (χ1) is 23.4. The lowest BCUT2D eigenvalue weighted by atomic mass is 9.50. The van der Waals surface area contributed by atoms with Gasteiger partial charge in [0.1, 0.15) is 17.6 Å². The van der Waals surface area contributed by atoms with Crippen molar-refractivity contribution in [3.8, 4) is 0 Å². The summed E-state index contributed by atoms with van der Waals surface area (Å²) in [6.07, 6.45) is 9.29. The summed E-state index contributed by atoms with van der Waals surface area (Å²) in [5.74, 6) is -0.659. The summed E-state index contributed by atoms with van der Waals surface area (Å²) in [6.45, 7) is 5.32. The maximum Gasteiger partial charge on any atom is 0.407 e. The Hall–Kier alpha value is -4.48. The van der Waals surface area contributed by atoms with E-state index < -0.39 is 54.1 Å². The van der Waals surface area contributed by atoms with Gasteiger partial charge in [-0.2, -0.15) is 0 Å². The van der Waals surface area contributed by atoms with Gasteiger partial charge in [-0.25, -0.2) is 19.3 Å². The molecule has 1 aliphatic heterocycles. The fourth-order valence-corrected chi connectivity index (χ4v) is 9.15. The summed E-state index contributed by atoms with van der Waals surface area (Å²) in [5, 5.41) is 14.9. The van der Waals surface area contributed by atoms with Gasteiger partial charge in [0.05, 0.1) is 6.61 Å². The molecule has 4 bridgehead atoms. The van der Waals surface area contributed by atoms with Crippen LogP contribution < -0.4 is 10.6 Å². The number of imide groups is 1. The van der Waals surface area contributed by atoms with Crippen LogP contribution in [-0.2, 0) is 31.2 Å². The number of aliphatic carboxylic acids is 1. The van der Waals surface area contributed by atoms with Gasteiger partial charge in [0, 0.05) is 30.9 Å². The van der Waals surface area contributed by atoms with Crippen molar-refractivity contribution < 1.29 is 33.8 Å². The van der Waals surface area contributed by atoms with Crippen molar-refractivity contribution in [1.29, 1.82) is 0 Å². The molecule has 3 unspecified atom stereocenters. The second kappa shape index (κ2) is 13.8. The fraction of sp³-hybridized carbons (Fsp3) is 0.568. The Labute approximate surface area is 287 Å².